The number of rotatable bonds is 3. The lowest BCUT2D eigenvalue weighted by Gasteiger charge is -2.39. The van der Waals surface area contributed by atoms with Crippen LogP contribution in [0.5, 0.6) is 0 Å². The summed E-state index contributed by atoms with van der Waals surface area (Å²) in [6.45, 7) is 1.29. The van der Waals surface area contributed by atoms with Crippen LogP contribution in [0.2, 0.25) is 0 Å². The van der Waals surface area contributed by atoms with Crippen LogP contribution in [0.15, 0.2) is 18.6 Å². The molecule has 2 aromatic rings. The predicted octanol–water partition coefficient (Wildman–Crippen LogP) is 0.761. The number of aromatic nitrogens is 3. The van der Waals surface area contributed by atoms with Crippen LogP contribution in [0.4, 0.5) is 5.82 Å². The fraction of sp³-hybridized carbons (Fsp3) is 0.417. The Morgan fingerprint density at radius 3 is 2.85 bits per heavy atom. The van der Waals surface area contributed by atoms with E-state index in [0.717, 1.165) is 16.9 Å². The lowest BCUT2D eigenvalue weighted by Crippen LogP contribution is -2.55. The number of aromatic amines is 1. The van der Waals surface area contributed by atoms with E-state index in [1.807, 2.05) is 12.3 Å². The first-order valence-corrected chi connectivity index (χ1v) is 6.98. The molecule has 0 aliphatic carbocycles. The van der Waals surface area contributed by atoms with E-state index >= 15 is 0 Å². The summed E-state index contributed by atoms with van der Waals surface area (Å²) in [6.07, 6.45) is 4.42. The van der Waals surface area contributed by atoms with Gasteiger partial charge in [0.15, 0.2) is 0 Å². The first-order chi connectivity index (χ1) is 9.66. The quantitative estimate of drug-likeness (QED) is 0.723. The highest BCUT2D eigenvalue weighted by molar-refractivity contribution is 7.13. The van der Waals surface area contributed by atoms with E-state index in [0.29, 0.717) is 25.9 Å². The number of carboxylic acids is 1. The number of H-pyrrole nitrogens is 1. The van der Waals surface area contributed by atoms with E-state index < -0.39 is 11.5 Å². The van der Waals surface area contributed by atoms with Gasteiger partial charge in [-0.05, 0) is 18.9 Å². The number of fused-ring (bicyclic) bond motifs is 1. The van der Waals surface area contributed by atoms with E-state index in [2.05, 4.69) is 34.3 Å². The summed E-state index contributed by atoms with van der Waals surface area (Å²) in [5.41, 5.74) is -0.0555. The zero-order valence-corrected chi connectivity index (χ0v) is 12.0. The van der Waals surface area contributed by atoms with Gasteiger partial charge in [0.25, 0.3) is 0 Å². The van der Waals surface area contributed by atoms with Crippen molar-refractivity contribution in [1.29, 1.82) is 0 Å². The third-order valence-electron chi connectivity index (χ3n) is 3.94. The summed E-state index contributed by atoms with van der Waals surface area (Å²) in [7, 11) is 2.33. The molecule has 0 saturated carbocycles. The monoisotopic (exact) mass is 293 g/mol. The minimum absolute atomic E-state index is 0.530. The van der Waals surface area contributed by atoms with Gasteiger partial charge < -0.3 is 15.0 Å². The van der Waals surface area contributed by atoms with Gasteiger partial charge >= 0.3 is 5.97 Å². The number of carbonyl (C=O) groups is 1. The molecule has 1 atom stereocenters. The Labute approximate surface area is 118 Å². The second kappa shape index (κ2) is 5.00. The maximum atomic E-state index is 11.4. The molecule has 1 aliphatic rings. The van der Waals surface area contributed by atoms with Gasteiger partial charge in [-0.25, -0.2) is 9.97 Å². The first kappa shape index (κ1) is 13.3. The SMILES string of the molecule is O=C(O)C1(NP)CCN(c2ncnc3[nH]ccc23)CC1. The molecular weight excluding hydrogens is 277 g/mol. The molecule has 1 unspecified atom stereocenters. The van der Waals surface area contributed by atoms with Gasteiger partial charge in [-0.1, -0.05) is 9.39 Å². The number of nitrogens with one attached hydrogen (secondary N) is 2. The summed E-state index contributed by atoms with van der Waals surface area (Å²) < 4.78 is 0. The summed E-state index contributed by atoms with van der Waals surface area (Å²) in [4.78, 5) is 25.1. The van der Waals surface area contributed by atoms with E-state index in [-0.39, 0.29) is 0 Å². The van der Waals surface area contributed by atoms with Crippen molar-refractivity contribution in [3.8, 4) is 0 Å². The number of anilines is 1. The Kier molecular flexibility index (Phi) is 3.31. The maximum absolute atomic E-state index is 11.4. The topological polar surface area (TPSA) is 94.1 Å². The van der Waals surface area contributed by atoms with Crippen LogP contribution in [0.3, 0.4) is 0 Å². The molecule has 0 spiro atoms. The van der Waals surface area contributed by atoms with Crippen molar-refractivity contribution >= 4 is 32.2 Å². The minimum atomic E-state index is -0.856. The Morgan fingerprint density at radius 1 is 1.45 bits per heavy atom. The molecule has 3 rings (SSSR count). The van der Waals surface area contributed by atoms with Crippen LogP contribution in [0.25, 0.3) is 11.0 Å². The van der Waals surface area contributed by atoms with Crippen molar-refractivity contribution < 1.29 is 9.90 Å². The van der Waals surface area contributed by atoms with Gasteiger partial charge in [-0.2, -0.15) is 0 Å². The summed E-state index contributed by atoms with van der Waals surface area (Å²) >= 11 is 0. The number of hydrogen-bond donors (Lipinski definition) is 3. The third kappa shape index (κ3) is 2.03. The van der Waals surface area contributed by atoms with E-state index in [1.54, 1.807) is 0 Å². The maximum Gasteiger partial charge on any atom is 0.324 e. The second-order valence-electron chi connectivity index (χ2n) is 4.96. The molecular formula is C12H16N5O2P. The molecule has 2 aromatic heterocycles. The van der Waals surface area contributed by atoms with Crippen molar-refractivity contribution in [2.75, 3.05) is 18.0 Å². The zero-order chi connectivity index (χ0) is 14.2. The zero-order valence-electron chi connectivity index (χ0n) is 10.8. The number of carboxylic acid groups (broad SMARTS) is 1. The lowest BCUT2D eigenvalue weighted by molar-refractivity contribution is -0.144. The average molecular weight is 293 g/mol. The molecule has 3 heterocycles. The van der Waals surface area contributed by atoms with Gasteiger partial charge in [0.05, 0.1) is 5.39 Å². The van der Waals surface area contributed by atoms with Crippen LogP contribution < -0.4 is 9.99 Å². The standard InChI is InChI=1S/C12H16N5O2P/c18-11(19)12(16-20)2-5-17(6-3-12)10-8-1-4-13-9(8)14-7-15-10/h1,4,7,16H,2-3,5-6,20H2,(H,18,19)(H,13,14,15). The number of piperidine rings is 1. The molecule has 1 fully saturated rings. The van der Waals surface area contributed by atoms with Crippen molar-refractivity contribution in [1.82, 2.24) is 20.0 Å². The van der Waals surface area contributed by atoms with Crippen molar-refractivity contribution in [3.05, 3.63) is 18.6 Å². The number of hydrogen-bond acceptors (Lipinski definition) is 5. The molecule has 1 saturated heterocycles. The molecule has 0 aromatic carbocycles. The lowest BCUT2D eigenvalue weighted by atomic mass is 9.88. The highest BCUT2D eigenvalue weighted by atomic mass is 31.0. The first-order valence-electron chi connectivity index (χ1n) is 6.40. The van der Waals surface area contributed by atoms with Crippen LogP contribution in [-0.2, 0) is 4.79 Å². The van der Waals surface area contributed by atoms with Crippen molar-refractivity contribution in [2.45, 2.75) is 18.4 Å². The summed E-state index contributed by atoms with van der Waals surface area (Å²) in [5, 5.41) is 13.2. The fourth-order valence-electron chi connectivity index (χ4n) is 2.63. The minimum Gasteiger partial charge on any atom is -0.480 e. The van der Waals surface area contributed by atoms with Crippen LogP contribution >= 0.6 is 9.39 Å². The Morgan fingerprint density at radius 2 is 2.20 bits per heavy atom. The number of aliphatic carboxylic acids is 1. The third-order valence-corrected chi connectivity index (χ3v) is 4.49. The second-order valence-corrected chi connectivity index (χ2v) is 5.24. The van der Waals surface area contributed by atoms with Gasteiger partial charge in [0.1, 0.15) is 23.3 Å². The Balaban J connectivity index is 1.85. The van der Waals surface area contributed by atoms with Crippen LogP contribution in [0, 0.1) is 0 Å². The van der Waals surface area contributed by atoms with Crippen molar-refractivity contribution in [3.63, 3.8) is 0 Å². The molecule has 20 heavy (non-hydrogen) atoms. The summed E-state index contributed by atoms with van der Waals surface area (Å²) in [5.74, 6) is 0.0561. The Hall–Kier alpha value is -1.72. The normalized spacial score (nSPS) is 18.4. The van der Waals surface area contributed by atoms with Crippen LogP contribution in [0.1, 0.15) is 12.8 Å². The van der Waals surface area contributed by atoms with Crippen molar-refractivity contribution in [2.24, 2.45) is 0 Å². The van der Waals surface area contributed by atoms with Crippen LogP contribution in [-0.4, -0.2) is 44.7 Å². The van der Waals surface area contributed by atoms with Gasteiger partial charge in [-0.15, -0.1) is 0 Å². The molecule has 3 N–H and O–H groups in total. The molecule has 8 heteroatoms. The number of nitrogens with zero attached hydrogens (tertiary/aromatic N) is 3. The smallest absolute Gasteiger partial charge is 0.324 e. The Bertz CT molecular complexity index is 636. The van der Waals surface area contributed by atoms with E-state index in [1.165, 1.54) is 6.33 Å². The highest BCUT2D eigenvalue weighted by Gasteiger charge is 2.40. The van der Waals surface area contributed by atoms with E-state index in [4.69, 9.17) is 0 Å². The largest absolute Gasteiger partial charge is 0.480 e. The van der Waals surface area contributed by atoms with Gasteiger partial charge in [0, 0.05) is 19.3 Å². The molecule has 0 radical (unpaired) electrons. The fourth-order valence-corrected chi connectivity index (χ4v) is 3.04. The van der Waals surface area contributed by atoms with Gasteiger partial charge in [0.2, 0.25) is 0 Å². The summed E-state index contributed by atoms with van der Waals surface area (Å²) in [6, 6.07) is 1.94. The molecule has 0 bridgehead atoms. The molecule has 1 aliphatic heterocycles. The predicted molar refractivity (Wildman–Crippen MR) is 78.5 cm³/mol. The molecule has 7 nitrogen and oxygen atoms in total. The average Bonchev–Trinajstić information content (AvgIpc) is 2.95. The van der Waals surface area contributed by atoms with E-state index in [9.17, 15) is 9.90 Å². The molecule has 0 amide bonds. The highest BCUT2D eigenvalue weighted by Crippen LogP contribution is 2.29. The van der Waals surface area contributed by atoms with Gasteiger partial charge in [-0.3, -0.25) is 9.88 Å². The molecule has 106 valence electrons.